The third-order valence-electron chi connectivity index (χ3n) is 8.62. The van der Waals surface area contributed by atoms with E-state index in [9.17, 15) is 32.7 Å². The van der Waals surface area contributed by atoms with Crippen LogP contribution < -0.4 is 15.4 Å². The lowest BCUT2D eigenvalue weighted by Crippen LogP contribution is -2.49. The van der Waals surface area contributed by atoms with Gasteiger partial charge in [0.15, 0.2) is 0 Å². The number of para-hydroxylation sites is 2. The highest BCUT2D eigenvalue weighted by Crippen LogP contribution is 2.51. The molecule has 0 radical (unpaired) electrons. The van der Waals surface area contributed by atoms with Crippen LogP contribution in [0.5, 0.6) is 11.5 Å². The van der Waals surface area contributed by atoms with E-state index in [-0.39, 0.29) is 19.5 Å². The van der Waals surface area contributed by atoms with E-state index < -0.39 is 36.0 Å². The van der Waals surface area contributed by atoms with E-state index in [0.29, 0.717) is 50.6 Å². The molecule has 5 aromatic carbocycles. The van der Waals surface area contributed by atoms with Gasteiger partial charge in [0.2, 0.25) is 5.91 Å². The molecule has 1 aliphatic rings. The molecule has 0 aliphatic heterocycles. The molecule has 0 spiro atoms. The number of anilines is 1. The van der Waals surface area contributed by atoms with Gasteiger partial charge in [-0.1, -0.05) is 91.0 Å². The number of ether oxygens (including phenoxy) is 1. The number of alkyl halides is 3. The van der Waals surface area contributed by atoms with Crippen molar-refractivity contribution < 1.29 is 37.4 Å². The molecular weight excluding hydrogens is 647 g/mol. The van der Waals surface area contributed by atoms with Gasteiger partial charge in [0.25, 0.3) is 5.91 Å². The van der Waals surface area contributed by atoms with Crippen LogP contribution in [-0.4, -0.2) is 47.2 Å². The number of hydrogen-bond acceptors (Lipinski definition) is 4. The minimum Gasteiger partial charge on any atom is -0.465 e. The first-order valence-electron chi connectivity index (χ1n) is 15.8. The van der Waals surface area contributed by atoms with Crippen LogP contribution in [0.1, 0.15) is 33.5 Å². The van der Waals surface area contributed by atoms with Crippen molar-refractivity contribution in [2.75, 3.05) is 18.4 Å². The Morgan fingerprint density at radius 1 is 0.740 bits per heavy atom. The van der Waals surface area contributed by atoms with Gasteiger partial charge >= 0.3 is 12.3 Å². The highest BCUT2D eigenvalue weighted by Gasteiger charge is 2.49. The van der Waals surface area contributed by atoms with Crippen molar-refractivity contribution >= 4 is 23.6 Å². The number of benzene rings is 5. The monoisotopic (exact) mass is 679 g/mol. The van der Waals surface area contributed by atoms with E-state index in [1.54, 1.807) is 109 Å². The second-order valence-corrected chi connectivity index (χ2v) is 11.8. The number of rotatable bonds is 11. The largest absolute Gasteiger partial charge is 0.465 e. The topological polar surface area (TPSA) is 108 Å². The summed E-state index contributed by atoms with van der Waals surface area (Å²) in [4.78, 5) is 40.6. The van der Waals surface area contributed by atoms with Crippen molar-refractivity contribution in [3.63, 3.8) is 0 Å². The Labute approximate surface area is 286 Å². The van der Waals surface area contributed by atoms with Crippen LogP contribution in [0.2, 0.25) is 0 Å². The molecule has 0 heterocycles. The van der Waals surface area contributed by atoms with E-state index in [0.717, 1.165) is 4.90 Å². The van der Waals surface area contributed by atoms with Crippen LogP contribution in [0.25, 0.3) is 11.1 Å². The van der Waals surface area contributed by atoms with Crippen molar-refractivity contribution in [1.82, 2.24) is 10.2 Å². The van der Waals surface area contributed by atoms with Gasteiger partial charge in [-0.2, -0.15) is 13.2 Å². The number of fused-ring (bicyclic) bond motifs is 3. The van der Waals surface area contributed by atoms with Crippen LogP contribution in [0.4, 0.5) is 23.7 Å². The molecule has 11 heteroatoms. The van der Waals surface area contributed by atoms with E-state index >= 15 is 0 Å². The molecule has 0 saturated carbocycles. The van der Waals surface area contributed by atoms with Crippen LogP contribution in [0.3, 0.4) is 0 Å². The third kappa shape index (κ3) is 7.17. The number of halogens is 3. The fourth-order valence-corrected chi connectivity index (χ4v) is 6.30. The van der Waals surface area contributed by atoms with Crippen molar-refractivity contribution in [2.45, 2.75) is 24.6 Å². The summed E-state index contributed by atoms with van der Waals surface area (Å²) >= 11 is 0. The third-order valence-corrected chi connectivity index (χ3v) is 8.62. The molecule has 0 aromatic heterocycles. The summed E-state index contributed by atoms with van der Waals surface area (Å²) in [6.07, 6.45) is -6.00. The average Bonchev–Trinajstić information content (AvgIpc) is 3.40. The summed E-state index contributed by atoms with van der Waals surface area (Å²) in [5.41, 5.74) is 2.28. The Morgan fingerprint density at radius 3 is 1.94 bits per heavy atom. The maximum Gasteiger partial charge on any atom is 0.407 e. The van der Waals surface area contributed by atoms with Gasteiger partial charge in [0, 0.05) is 18.8 Å². The van der Waals surface area contributed by atoms with Crippen LogP contribution in [0.15, 0.2) is 127 Å². The minimum absolute atomic E-state index is 0.0686. The molecule has 6 rings (SSSR count). The number of carbonyl (C=O) groups excluding carboxylic acids is 2. The summed E-state index contributed by atoms with van der Waals surface area (Å²) in [5.74, 6) is -0.298. The van der Waals surface area contributed by atoms with Crippen LogP contribution in [0, 0.1) is 0 Å². The summed E-state index contributed by atoms with van der Waals surface area (Å²) < 4.78 is 45.6. The molecule has 0 unspecified atom stereocenters. The molecule has 1 aliphatic carbocycles. The Kier molecular flexibility index (Phi) is 9.58. The van der Waals surface area contributed by atoms with Crippen molar-refractivity contribution in [1.29, 1.82) is 0 Å². The Bertz CT molecular complexity index is 1970. The minimum atomic E-state index is -4.63. The molecule has 254 valence electrons. The smallest absolute Gasteiger partial charge is 0.407 e. The second kappa shape index (κ2) is 14.2. The quantitative estimate of drug-likeness (QED) is 0.130. The van der Waals surface area contributed by atoms with Crippen LogP contribution >= 0.6 is 0 Å². The van der Waals surface area contributed by atoms with E-state index in [1.165, 1.54) is 0 Å². The van der Waals surface area contributed by atoms with Gasteiger partial charge < -0.3 is 25.4 Å². The zero-order chi connectivity index (χ0) is 35.3. The highest BCUT2D eigenvalue weighted by atomic mass is 19.4. The number of carboxylic acid groups (broad SMARTS) is 1. The summed E-state index contributed by atoms with van der Waals surface area (Å²) in [6.45, 7) is -1.75. The van der Waals surface area contributed by atoms with Gasteiger partial charge in [-0.15, -0.1) is 0 Å². The standard InChI is InChI=1S/C39H32F3N3O5/c40-39(41,42)25-43-36(47)38(32-15-7-4-12-29(32)30-13-5-8-16-33(30)38)22-23-45(37(48)49)24-26-18-20-27(21-19-26)44-35(46)31-14-6-9-17-34(31)50-28-10-2-1-3-11-28/h1-21H,22-25H2,(H,43,47)(H,44,46)(H,48,49). The molecule has 50 heavy (non-hydrogen) atoms. The lowest BCUT2D eigenvalue weighted by molar-refractivity contribution is -0.141. The molecule has 3 amide bonds. The first-order chi connectivity index (χ1) is 24.0. The van der Waals surface area contributed by atoms with Crippen molar-refractivity contribution in [3.05, 3.63) is 150 Å². The van der Waals surface area contributed by atoms with Gasteiger partial charge in [-0.3, -0.25) is 9.59 Å². The molecule has 0 saturated heterocycles. The van der Waals surface area contributed by atoms with Gasteiger partial charge in [-0.25, -0.2) is 4.79 Å². The molecule has 3 N–H and O–H groups in total. The molecule has 0 bridgehead atoms. The summed E-state index contributed by atoms with van der Waals surface area (Å²) in [5, 5.41) is 15.1. The fraction of sp³-hybridized carbons (Fsp3) is 0.154. The van der Waals surface area contributed by atoms with E-state index in [1.807, 2.05) is 18.2 Å². The molecule has 8 nitrogen and oxygen atoms in total. The molecule has 0 atom stereocenters. The number of hydrogen-bond donors (Lipinski definition) is 3. The maximum atomic E-state index is 13.8. The number of carbonyl (C=O) groups is 3. The highest BCUT2D eigenvalue weighted by molar-refractivity contribution is 6.06. The van der Waals surface area contributed by atoms with E-state index in [2.05, 4.69) is 10.6 Å². The van der Waals surface area contributed by atoms with Gasteiger partial charge in [-0.05, 0) is 70.6 Å². The Balaban J connectivity index is 1.19. The zero-order valence-corrected chi connectivity index (χ0v) is 26.6. The zero-order valence-electron chi connectivity index (χ0n) is 26.6. The predicted octanol–water partition coefficient (Wildman–Crippen LogP) is 8.25. The molecular formula is C39H32F3N3O5. The fourth-order valence-electron chi connectivity index (χ4n) is 6.30. The van der Waals surface area contributed by atoms with E-state index in [4.69, 9.17) is 4.74 Å². The molecule has 5 aromatic rings. The first-order valence-corrected chi connectivity index (χ1v) is 15.8. The number of nitrogens with one attached hydrogen (secondary N) is 2. The Hall–Kier alpha value is -6.10. The first kappa shape index (κ1) is 33.8. The number of nitrogens with zero attached hydrogens (tertiary/aromatic N) is 1. The lowest BCUT2D eigenvalue weighted by Gasteiger charge is -2.33. The Morgan fingerprint density at radius 2 is 1.32 bits per heavy atom. The number of amides is 3. The van der Waals surface area contributed by atoms with Crippen LogP contribution in [-0.2, 0) is 16.8 Å². The summed E-state index contributed by atoms with van der Waals surface area (Å²) in [6, 6.07) is 36.5. The van der Waals surface area contributed by atoms with Gasteiger partial charge in [0.1, 0.15) is 23.5 Å². The summed E-state index contributed by atoms with van der Waals surface area (Å²) in [7, 11) is 0. The average molecular weight is 680 g/mol. The van der Waals surface area contributed by atoms with Crippen molar-refractivity contribution in [2.24, 2.45) is 0 Å². The van der Waals surface area contributed by atoms with Gasteiger partial charge in [0.05, 0.1) is 5.56 Å². The predicted molar refractivity (Wildman–Crippen MR) is 182 cm³/mol. The maximum absolute atomic E-state index is 13.8. The normalized spacial score (nSPS) is 12.7. The lowest BCUT2D eigenvalue weighted by atomic mass is 9.74. The SMILES string of the molecule is O=C(Nc1ccc(CN(CCC2(C(=O)NCC(F)(F)F)c3ccccc3-c3ccccc32)C(=O)O)cc1)c1ccccc1Oc1ccccc1. The second-order valence-electron chi connectivity index (χ2n) is 11.8. The molecule has 0 fully saturated rings. The van der Waals surface area contributed by atoms with Crippen molar-refractivity contribution in [3.8, 4) is 22.6 Å².